The molecule has 4 rings (SSSR count). The highest BCUT2D eigenvalue weighted by atomic mass is 16.5. The minimum Gasteiger partial charge on any atom is -0.372 e. The Morgan fingerprint density at radius 2 is 2.21 bits per heavy atom. The molecule has 2 aliphatic heterocycles. The molecular weight excluding hydrogens is 310 g/mol. The van der Waals surface area contributed by atoms with Gasteiger partial charge in [-0.1, -0.05) is 0 Å². The van der Waals surface area contributed by atoms with Crippen molar-refractivity contribution in [2.75, 3.05) is 19.6 Å². The van der Waals surface area contributed by atoms with Gasteiger partial charge in [-0.15, -0.1) is 5.10 Å². The van der Waals surface area contributed by atoms with Crippen LogP contribution in [-0.4, -0.2) is 63.3 Å². The summed E-state index contributed by atoms with van der Waals surface area (Å²) in [6, 6.07) is 0. The number of aromatic nitrogens is 3. The van der Waals surface area contributed by atoms with Crippen LogP contribution in [-0.2, 0) is 16.6 Å². The van der Waals surface area contributed by atoms with E-state index in [1.807, 2.05) is 0 Å². The highest BCUT2D eigenvalue weighted by Gasteiger charge is 2.44. The standard InChI is InChI=1S/C16H23N5O3/c1-20-9-18-15(19-20)16(23)21-7-11-4-12(24-13(11)8-21)5-14(22)17-6-10-2-3-10/h9-13H,2-8H2,1H3,(H,17,22)/t11-,12-,13+/m0/s1. The number of fused-ring (bicyclic) bond motifs is 1. The second kappa shape index (κ2) is 6.16. The van der Waals surface area contributed by atoms with E-state index in [2.05, 4.69) is 15.4 Å². The first-order valence-electron chi connectivity index (χ1n) is 8.65. The number of carbonyl (C=O) groups excluding carboxylic acids is 2. The molecule has 8 nitrogen and oxygen atoms in total. The van der Waals surface area contributed by atoms with Gasteiger partial charge in [0.05, 0.1) is 18.6 Å². The Morgan fingerprint density at radius 1 is 1.38 bits per heavy atom. The van der Waals surface area contributed by atoms with Crippen LogP contribution in [0, 0.1) is 11.8 Å². The number of likely N-dealkylation sites (tertiary alicyclic amines) is 1. The van der Waals surface area contributed by atoms with Crippen molar-refractivity contribution in [2.24, 2.45) is 18.9 Å². The third kappa shape index (κ3) is 3.28. The second-order valence-electron chi connectivity index (χ2n) is 7.20. The maximum Gasteiger partial charge on any atom is 0.293 e. The van der Waals surface area contributed by atoms with E-state index in [4.69, 9.17) is 4.74 Å². The van der Waals surface area contributed by atoms with Crippen molar-refractivity contribution in [3.63, 3.8) is 0 Å². The van der Waals surface area contributed by atoms with Gasteiger partial charge in [-0.05, 0) is 25.2 Å². The Bertz CT molecular complexity index is 627. The second-order valence-corrected chi connectivity index (χ2v) is 7.20. The molecule has 1 saturated carbocycles. The number of ether oxygens (including phenoxy) is 1. The molecule has 3 fully saturated rings. The number of amides is 2. The van der Waals surface area contributed by atoms with Crippen molar-refractivity contribution < 1.29 is 14.3 Å². The summed E-state index contributed by atoms with van der Waals surface area (Å²) >= 11 is 0. The molecular formula is C16H23N5O3. The number of nitrogens with one attached hydrogen (secondary N) is 1. The van der Waals surface area contributed by atoms with Gasteiger partial charge in [0.15, 0.2) is 0 Å². The largest absolute Gasteiger partial charge is 0.372 e. The van der Waals surface area contributed by atoms with Crippen LogP contribution in [0.5, 0.6) is 0 Å². The molecule has 1 aromatic heterocycles. The molecule has 0 spiro atoms. The van der Waals surface area contributed by atoms with Crippen LogP contribution in [0.25, 0.3) is 0 Å². The van der Waals surface area contributed by atoms with Crippen molar-refractivity contribution in [2.45, 2.75) is 37.9 Å². The van der Waals surface area contributed by atoms with E-state index in [0.717, 1.165) is 13.0 Å². The fourth-order valence-electron chi connectivity index (χ4n) is 3.60. The van der Waals surface area contributed by atoms with Gasteiger partial charge in [-0.25, -0.2) is 4.98 Å². The van der Waals surface area contributed by atoms with Crippen LogP contribution < -0.4 is 5.32 Å². The summed E-state index contributed by atoms with van der Waals surface area (Å²) in [4.78, 5) is 30.1. The van der Waals surface area contributed by atoms with E-state index in [1.165, 1.54) is 23.9 Å². The monoisotopic (exact) mass is 333 g/mol. The van der Waals surface area contributed by atoms with Gasteiger partial charge in [-0.2, -0.15) is 0 Å². The topological polar surface area (TPSA) is 89.4 Å². The average molecular weight is 333 g/mol. The Hall–Kier alpha value is -1.96. The van der Waals surface area contributed by atoms with Crippen LogP contribution in [0.3, 0.4) is 0 Å². The molecule has 24 heavy (non-hydrogen) atoms. The molecule has 3 heterocycles. The molecule has 130 valence electrons. The lowest BCUT2D eigenvalue weighted by Gasteiger charge is -2.18. The zero-order valence-corrected chi connectivity index (χ0v) is 13.9. The van der Waals surface area contributed by atoms with E-state index in [9.17, 15) is 9.59 Å². The molecule has 2 amide bonds. The zero-order valence-electron chi connectivity index (χ0n) is 13.9. The molecule has 8 heteroatoms. The van der Waals surface area contributed by atoms with Crippen molar-refractivity contribution in [3.05, 3.63) is 12.2 Å². The summed E-state index contributed by atoms with van der Waals surface area (Å²) in [6.45, 7) is 2.02. The summed E-state index contributed by atoms with van der Waals surface area (Å²) in [5.74, 6) is 1.16. The third-order valence-corrected chi connectivity index (χ3v) is 5.09. The van der Waals surface area contributed by atoms with Crippen molar-refractivity contribution >= 4 is 11.8 Å². The maximum absolute atomic E-state index is 12.4. The number of aryl methyl sites for hydroxylation is 1. The molecule has 1 aromatic rings. The zero-order chi connectivity index (χ0) is 16.7. The number of nitrogens with zero attached hydrogens (tertiary/aromatic N) is 4. The summed E-state index contributed by atoms with van der Waals surface area (Å²) in [5.41, 5.74) is 0. The maximum atomic E-state index is 12.4. The number of hydrogen-bond acceptors (Lipinski definition) is 5. The average Bonchev–Trinajstić information content (AvgIpc) is 2.95. The molecule has 2 saturated heterocycles. The van der Waals surface area contributed by atoms with Crippen LogP contribution in [0.2, 0.25) is 0 Å². The molecule has 1 N–H and O–H groups in total. The molecule has 3 atom stereocenters. The predicted molar refractivity (Wildman–Crippen MR) is 84.0 cm³/mol. The summed E-state index contributed by atoms with van der Waals surface area (Å²) in [5, 5.41) is 7.05. The van der Waals surface area contributed by atoms with Gasteiger partial charge in [-0.3, -0.25) is 14.3 Å². The van der Waals surface area contributed by atoms with Crippen molar-refractivity contribution in [1.82, 2.24) is 25.0 Å². The van der Waals surface area contributed by atoms with Crippen molar-refractivity contribution in [3.8, 4) is 0 Å². The smallest absolute Gasteiger partial charge is 0.293 e. The van der Waals surface area contributed by atoms with Gasteiger partial charge in [0.1, 0.15) is 6.33 Å². The minimum atomic E-state index is -0.146. The van der Waals surface area contributed by atoms with E-state index >= 15 is 0 Å². The fourth-order valence-corrected chi connectivity index (χ4v) is 3.60. The van der Waals surface area contributed by atoms with E-state index in [-0.39, 0.29) is 29.8 Å². The van der Waals surface area contributed by atoms with Crippen LogP contribution in [0.4, 0.5) is 0 Å². The molecule has 0 aromatic carbocycles. The van der Waals surface area contributed by atoms with Gasteiger partial charge in [0.25, 0.3) is 5.91 Å². The molecule has 0 unspecified atom stereocenters. The predicted octanol–water partition coefficient (Wildman–Crippen LogP) is -0.0391. The SMILES string of the molecule is Cn1cnc(C(=O)N2C[C@@H]3C[C@@H](CC(=O)NCC4CC4)O[C@@H]3C2)n1. The first-order valence-corrected chi connectivity index (χ1v) is 8.65. The van der Waals surface area contributed by atoms with Gasteiger partial charge >= 0.3 is 0 Å². The van der Waals surface area contributed by atoms with E-state index in [1.54, 1.807) is 11.9 Å². The van der Waals surface area contributed by atoms with Gasteiger partial charge in [0.2, 0.25) is 11.7 Å². The summed E-state index contributed by atoms with van der Waals surface area (Å²) in [7, 11) is 1.74. The van der Waals surface area contributed by atoms with E-state index in [0.29, 0.717) is 31.3 Å². The number of hydrogen-bond donors (Lipinski definition) is 1. The molecule has 3 aliphatic rings. The Kier molecular flexibility index (Phi) is 3.99. The lowest BCUT2D eigenvalue weighted by atomic mass is 10.0. The molecule has 0 bridgehead atoms. The quantitative estimate of drug-likeness (QED) is 0.817. The fraction of sp³-hybridized carbons (Fsp3) is 0.750. The first-order chi connectivity index (χ1) is 11.6. The summed E-state index contributed by atoms with van der Waals surface area (Å²) < 4.78 is 7.52. The van der Waals surface area contributed by atoms with Crippen LogP contribution in [0.15, 0.2) is 6.33 Å². The highest BCUT2D eigenvalue weighted by molar-refractivity contribution is 5.90. The normalized spacial score (nSPS) is 28.9. The highest BCUT2D eigenvalue weighted by Crippen LogP contribution is 2.34. The minimum absolute atomic E-state index is 0.0237. The lowest BCUT2D eigenvalue weighted by molar-refractivity contribution is -0.123. The van der Waals surface area contributed by atoms with E-state index < -0.39 is 0 Å². The summed E-state index contributed by atoms with van der Waals surface area (Å²) in [6.07, 6.45) is 5.26. The number of carbonyl (C=O) groups is 2. The van der Waals surface area contributed by atoms with Crippen molar-refractivity contribution in [1.29, 1.82) is 0 Å². The Balaban J connectivity index is 1.25. The number of rotatable bonds is 5. The van der Waals surface area contributed by atoms with Gasteiger partial charge < -0.3 is 15.0 Å². The van der Waals surface area contributed by atoms with Gasteiger partial charge in [0, 0.05) is 32.6 Å². The third-order valence-electron chi connectivity index (χ3n) is 5.09. The molecule has 0 radical (unpaired) electrons. The van der Waals surface area contributed by atoms with Crippen LogP contribution >= 0.6 is 0 Å². The Morgan fingerprint density at radius 3 is 2.88 bits per heavy atom. The first kappa shape index (κ1) is 15.6. The van der Waals surface area contributed by atoms with Crippen LogP contribution in [0.1, 0.15) is 36.3 Å². The molecule has 1 aliphatic carbocycles. The lowest BCUT2D eigenvalue weighted by Crippen LogP contribution is -2.33. The Labute approximate surface area is 140 Å².